The van der Waals surface area contributed by atoms with Gasteiger partial charge in [0.25, 0.3) is 0 Å². The maximum Gasteiger partial charge on any atom is 0.127 e. The first-order valence-electron chi connectivity index (χ1n) is 7.41. The van der Waals surface area contributed by atoms with Crippen LogP contribution in [0.25, 0.3) is 0 Å². The summed E-state index contributed by atoms with van der Waals surface area (Å²) in [4.78, 5) is 0. The van der Waals surface area contributed by atoms with E-state index in [0.29, 0.717) is 6.61 Å². The van der Waals surface area contributed by atoms with Crippen LogP contribution in [0.3, 0.4) is 0 Å². The molecule has 0 fully saturated rings. The number of rotatable bonds is 9. The van der Waals surface area contributed by atoms with Crippen LogP contribution >= 0.6 is 0 Å². The summed E-state index contributed by atoms with van der Waals surface area (Å²) in [5.74, 6) is 1.68. The van der Waals surface area contributed by atoms with Crippen molar-refractivity contribution in [2.24, 2.45) is 5.73 Å². The van der Waals surface area contributed by atoms with Crippen LogP contribution < -0.4 is 15.2 Å². The molecule has 2 atom stereocenters. The van der Waals surface area contributed by atoms with E-state index in [4.69, 9.17) is 15.2 Å². The molecule has 0 aromatic heterocycles. The van der Waals surface area contributed by atoms with Gasteiger partial charge >= 0.3 is 0 Å². The average Bonchev–Trinajstić information content (AvgIpc) is 2.46. The van der Waals surface area contributed by atoms with Gasteiger partial charge in [-0.1, -0.05) is 32.6 Å². The number of hydrogen-bond donors (Lipinski definition) is 1. The molecule has 0 bridgehead atoms. The van der Waals surface area contributed by atoms with Crippen molar-refractivity contribution in [3.8, 4) is 11.5 Å². The van der Waals surface area contributed by atoms with Crippen LogP contribution in [0.5, 0.6) is 11.5 Å². The quantitative estimate of drug-likeness (QED) is 0.700. The van der Waals surface area contributed by atoms with Gasteiger partial charge in [-0.2, -0.15) is 0 Å². The third kappa shape index (κ3) is 5.25. The van der Waals surface area contributed by atoms with Gasteiger partial charge in [0.1, 0.15) is 17.6 Å². The lowest BCUT2D eigenvalue weighted by molar-refractivity contribution is 0.262. The Hall–Kier alpha value is -1.48. The molecule has 0 saturated heterocycles. The molecule has 2 N–H and O–H groups in total. The van der Waals surface area contributed by atoms with Crippen molar-refractivity contribution >= 4 is 0 Å². The second-order valence-electron chi connectivity index (χ2n) is 5.05. The Labute approximate surface area is 122 Å². The number of benzene rings is 1. The van der Waals surface area contributed by atoms with Crippen LogP contribution in [0.2, 0.25) is 0 Å². The van der Waals surface area contributed by atoms with Gasteiger partial charge in [-0.25, -0.2) is 0 Å². The molecule has 3 heteroatoms. The molecule has 1 aromatic carbocycles. The lowest BCUT2D eigenvalue weighted by Gasteiger charge is -2.18. The van der Waals surface area contributed by atoms with Crippen molar-refractivity contribution in [3.05, 3.63) is 36.4 Å². The van der Waals surface area contributed by atoms with Crippen LogP contribution in [0.4, 0.5) is 0 Å². The first-order chi connectivity index (χ1) is 9.60. The second-order valence-corrected chi connectivity index (χ2v) is 5.05. The van der Waals surface area contributed by atoms with E-state index in [0.717, 1.165) is 36.3 Å². The molecular formula is C17H27NO2. The molecule has 0 saturated carbocycles. The fraction of sp³-hybridized carbons (Fsp3) is 0.529. The fourth-order valence-electron chi connectivity index (χ4n) is 1.80. The van der Waals surface area contributed by atoms with Crippen LogP contribution in [0, 0.1) is 0 Å². The number of nitrogens with two attached hydrogens (primary N) is 1. The predicted octanol–water partition coefficient (Wildman–Crippen LogP) is 3.71. The van der Waals surface area contributed by atoms with Crippen molar-refractivity contribution in [2.45, 2.75) is 52.2 Å². The van der Waals surface area contributed by atoms with Crippen molar-refractivity contribution in [1.29, 1.82) is 0 Å². The minimum absolute atomic E-state index is 0.0342. The fourth-order valence-corrected chi connectivity index (χ4v) is 1.80. The van der Waals surface area contributed by atoms with Gasteiger partial charge in [0.15, 0.2) is 0 Å². The van der Waals surface area contributed by atoms with E-state index in [1.165, 1.54) is 0 Å². The van der Waals surface area contributed by atoms with Crippen molar-refractivity contribution in [2.75, 3.05) is 6.61 Å². The normalized spacial score (nSPS) is 13.6. The molecule has 1 rings (SSSR count). The largest absolute Gasteiger partial charge is 0.493 e. The SMILES string of the molecule is C=CC(C)Oc1cc(OCCC)ccc1CC(N)CC. The van der Waals surface area contributed by atoms with E-state index in [2.05, 4.69) is 20.4 Å². The molecule has 0 aliphatic rings. The summed E-state index contributed by atoms with van der Waals surface area (Å²) in [6.07, 6.45) is 4.49. The summed E-state index contributed by atoms with van der Waals surface area (Å²) in [5.41, 5.74) is 7.17. The Morgan fingerprint density at radius 2 is 2.10 bits per heavy atom. The Balaban J connectivity index is 2.92. The van der Waals surface area contributed by atoms with E-state index < -0.39 is 0 Å². The van der Waals surface area contributed by atoms with Crippen molar-refractivity contribution in [1.82, 2.24) is 0 Å². The highest BCUT2D eigenvalue weighted by Gasteiger charge is 2.11. The van der Waals surface area contributed by atoms with Crippen molar-refractivity contribution in [3.63, 3.8) is 0 Å². The molecule has 0 amide bonds. The molecule has 0 aliphatic carbocycles. The van der Waals surface area contributed by atoms with Gasteiger partial charge in [0.05, 0.1) is 6.61 Å². The zero-order valence-electron chi connectivity index (χ0n) is 12.9. The third-order valence-corrected chi connectivity index (χ3v) is 3.16. The molecule has 1 aromatic rings. The van der Waals surface area contributed by atoms with E-state index in [1.807, 2.05) is 25.1 Å². The summed E-state index contributed by atoms with van der Waals surface area (Å²) in [5, 5.41) is 0. The van der Waals surface area contributed by atoms with Gasteiger partial charge in [0.2, 0.25) is 0 Å². The van der Waals surface area contributed by atoms with Gasteiger partial charge in [-0.15, -0.1) is 0 Å². The summed E-state index contributed by atoms with van der Waals surface area (Å²) >= 11 is 0. The number of ether oxygens (including phenoxy) is 2. The average molecular weight is 277 g/mol. The lowest BCUT2D eigenvalue weighted by Crippen LogP contribution is -2.22. The molecule has 0 spiro atoms. The molecule has 20 heavy (non-hydrogen) atoms. The predicted molar refractivity (Wildman–Crippen MR) is 84.5 cm³/mol. The van der Waals surface area contributed by atoms with Gasteiger partial charge < -0.3 is 15.2 Å². The van der Waals surface area contributed by atoms with Crippen molar-refractivity contribution < 1.29 is 9.47 Å². The van der Waals surface area contributed by atoms with E-state index in [-0.39, 0.29) is 12.1 Å². The van der Waals surface area contributed by atoms with E-state index in [1.54, 1.807) is 6.08 Å². The lowest BCUT2D eigenvalue weighted by atomic mass is 10.0. The number of hydrogen-bond acceptors (Lipinski definition) is 3. The summed E-state index contributed by atoms with van der Waals surface area (Å²) in [7, 11) is 0. The Bertz CT molecular complexity index is 417. The highest BCUT2D eigenvalue weighted by Crippen LogP contribution is 2.27. The minimum Gasteiger partial charge on any atom is -0.493 e. The maximum atomic E-state index is 6.05. The minimum atomic E-state index is -0.0342. The zero-order chi connectivity index (χ0) is 15.0. The van der Waals surface area contributed by atoms with Crippen LogP contribution in [0.1, 0.15) is 39.2 Å². The van der Waals surface area contributed by atoms with Gasteiger partial charge in [0, 0.05) is 12.1 Å². The Morgan fingerprint density at radius 3 is 2.70 bits per heavy atom. The second kappa shape index (κ2) is 8.64. The first kappa shape index (κ1) is 16.6. The summed E-state index contributed by atoms with van der Waals surface area (Å²) in [6, 6.07) is 6.14. The molecule has 3 nitrogen and oxygen atoms in total. The van der Waals surface area contributed by atoms with E-state index >= 15 is 0 Å². The smallest absolute Gasteiger partial charge is 0.127 e. The molecule has 0 aliphatic heterocycles. The highest BCUT2D eigenvalue weighted by molar-refractivity contribution is 5.41. The molecule has 2 unspecified atom stereocenters. The van der Waals surface area contributed by atoms with Crippen LogP contribution in [-0.4, -0.2) is 18.8 Å². The Morgan fingerprint density at radius 1 is 1.35 bits per heavy atom. The standard InChI is InChI=1S/C17H27NO2/c1-5-10-19-16-9-8-14(11-15(18)7-3)17(12-16)20-13(4)6-2/h6,8-9,12-13,15H,2,5,7,10-11,18H2,1,3-4H3. The zero-order valence-corrected chi connectivity index (χ0v) is 12.9. The molecule has 112 valence electrons. The molecule has 0 heterocycles. The topological polar surface area (TPSA) is 44.5 Å². The highest BCUT2D eigenvalue weighted by atomic mass is 16.5. The first-order valence-corrected chi connectivity index (χ1v) is 7.41. The summed E-state index contributed by atoms with van der Waals surface area (Å²) in [6.45, 7) is 10.6. The third-order valence-electron chi connectivity index (χ3n) is 3.16. The van der Waals surface area contributed by atoms with Crippen LogP contribution in [0.15, 0.2) is 30.9 Å². The molecule has 0 radical (unpaired) electrons. The summed E-state index contributed by atoms with van der Waals surface area (Å²) < 4.78 is 11.6. The van der Waals surface area contributed by atoms with E-state index in [9.17, 15) is 0 Å². The van der Waals surface area contributed by atoms with Gasteiger partial charge in [-0.05, 0) is 37.8 Å². The maximum absolute atomic E-state index is 6.05. The van der Waals surface area contributed by atoms with Crippen LogP contribution in [-0.2, 0) is 6.42 Å². The van der Waals surface area contributed by atoms with Gasteiger partial charge in [-0.3, -0.25) is 0 Å². The molecular weight excluding hydrogens is 250 g/mol. The Kier molecular flexibility index (Phi) is 7.16. The monoisotopic (exact) mass is 277 g/mol.